The van der Waals surface area contributed by atoms with Gasteiger partial charge in [-0.3, -0.25) is 29.5 Å². The second kappa shape index (κ2) is 12.4. The number of rotatable bonds is 9. The fourth-order valence-electron chi connectivity index (χ4n) is 4.43. The van der Waals surface area contributed by atoms with Crippen LogP contribution in [-0.4, -0.2) is 28.5 Å². The number of amides is 2. The Bertz CT molecular complexity index is 1630. The standard InChI is InChI=1S/C32H25N3O6S/c1-2-40-29-20-22(16-17-28(29)41-21-23-10-9-15-26(18-23)35(38)39)19-27-30(36)33(24-11-5-3-6-12-24)32(42)34(31(27)37)25-13-7-4-8-14-25/h3-20H,2,21H2,1H3. The summed E-state index contributed by atoms with van der Waals surface area (Å²) in [6, 6.07) is 29.0. The van der Waals surface area contributed by atoms with Crippen LogP contribution in [0.1, 0.15) is 18.1 Å². The van der Waals surface area contributed by atoms with Gasteiger partial charge in [0.2, 0.25) is 0 Å². The Balaban J connectivity index is 1.50. The Kier molecular flexibility index (Phi) is 8.35. The van der Waals surface area contributed by atoms with E-state index < -0.39 is 16.7 Å². The van der Waals surface area contributed by atoms with Crippen molar-refractivity contribution in [2.45, 2.75) is 13.5 Å². The van der Waals surface area contributed by atoms with Crippen molar-refractivity contribution in [3.8, 4) is 11.5 Å². The topological polar surface area (TPSA) is 102 Å². The first-order chi connectivity index (χ1) is 20.4. The maximum Gasteiger partial charge on any atom is 0.270 e. The van der Waals surface area contributed by atoms with Gasteiger partial charge in [-0.05, 0) is 72.7 Å². The van der Waals surface area contributed by atoms with E-state index in [1.54, 1.807) is 78.9 Å². The second-order valence-corrected chi connectivity index (χ2v) is 9.51. The predicted octanol–water partition coefficient (Wildman–Crippen LogP) is 6.32. The highest BCUT2D eigenvalue weighted by Gasteiger charge is 2.41. The van der Waals surface area contributed by atoms with E-state index in [0.717, 1.165) is 0 Å². The summed E-state index contributed by atoms with van der Waals surface area (Å²) in [4.78, 5) is 40.9. The van der Waals surface area contributed by atoms with Gasteiger partial charge >= 0.3 is 0 Å². The molecule has 4 aromatic carbocycles. The quantitative estimate of drug-likeness (QED) is 0.0752. The molecule has 1 saturated heterocycles. The van der Waals surface area contributed by atoms with Crippen molar-refractivity contribution in [1.82, 2.24) is 0 Å². The number of carbonyl (C=O) groups excluding carboxylic acids is 2. The fourth-order valence-corrected chi connectivity index (χ4v) is 4.81. The van der Waals surface area contributed by atoms with E-state index in [9.17, 15) is 19.7 Å². The maximum atomic E-state index is 13.8. The lowest BCUT2D eigenvalue weighted by Gasteiger charge is -2.36. The summed E-state index contributed by atoms with van der Waals surface area (Å²) in [6.45, 7) is 2.23. The summed E-state index contributed by atoms with van der Waals surface area (Å²) in [5.41, 5.74) is 2.11. The molecular weight excluding hydrogens is 554 g/mol. The number of thiocarbonyl (C=S) groups is 1. The number of ether oxygens (including phenoxy) is 2. The van der Waals surface area contributed by atoms with Crippen LogP contribution in [0.4, 0.5) is 17.1 Å². The van der Waals surface area contributed by atoms with E-state index >= 15 is 0 Å². The maximum absolute atomic E-state index is 13.8. The Morgan fingerprint density at radius 1 is 0.786 bits per heavy atom. The number of nitro groups is 1. The first-order valence-electron chi connectivity index (χ1n) is 13.0. The SMILES string of the molecule is CCOc1cc(C=C2C(=O)N(c3ccccc3)C(=S)N(c3ccccc3)C2=O)ccc1OCc1cccc([N+](=O)[O-])c1. The van der Waals surface area contributed by atoms with Gasteiger partial charge in [-0.2, -0.15) is 0 Å². The lowest BCUT2D eigenvalue weighted by atomic mass is 10.0. The predicted molar refractivity (Wildman–Crippen MR) is 163 cm³/mol. The monoisotopic (exact) mass is 579 g/mol. The van der Waals surface area contributed by atoms with Crippen LogP contribution in [0.2, 0.25) is 0 Å². The van der Waals surface area contributed by atoms with E-state index in [0.29, 0.717) is 40.6 Å². The van der Waals surface area contributed by atoms with Crippen molar-refractivity contribution in [2.75, 3.05) is 16.4 Å². The van der Waals surface area contributed by atoms with Crippen LogP contribution in [0, 0.1) is 10.1 Å². The van der Waals surface area contributed by atoms with E-state index in [4.69, 9.17) is 21.7 Å². The third-order valence-electron chi connectivity index (χ3n) is 6.37. The zero-order chi connectivity index (χ0) is 29.6. The van der Waals surface area contributed by atoms with Gasteiger partial charge in [-0.25, -0.2) is 0 Å². The summed E-state index contributed by atoms with van der Waals surface area (Å²) in [5, 5.41) is 11.2. The van der Waals surface area contributed by atoms with E-state index in [2.05, 4.69) is 0 Å². The molecule has 1 aliphatic rings. The largest absolute Gasteiger partial charge is 0.490 e. The highest BCUT2D eigenvalue weighted by Crippen LogP contribution is 2.33. The van der Waals surface area contributed by atoms with Crippen LogP contribution < -0.4 is 19.3 Å². The molecular formula is C32H25N3O6S. The number of non-ortho nitro benzene ring substituents is 1. The summed E-state index contributed by atoms with van der Waals surface area (Å²) >= 11 is 5.66. The highest BCUT2D eigenvalue weighted by atomic mass is 32.1. The van der Waals surface area contributed by atoms with Crippen LogP contribution in [-0.2, 0) is 16.2 Å². The summed E-state index contributed by atoms with van der Waals surface area (Å²) in [5.74, 6) is -0.298. The molecule has 0 spiro atoms. The number of para-hydroxylation sites is 2. The second-order valence-electron chi connectivity index (χ2n) is 9.15. The molecule has 2 amide bonds. The molecule has 0 radical (unpaired) electrons. The minimum absolute atomic E-state index is 0.0292. The smallest absolute Gasteiger partial charge is 0.270 e. The van der Waals surface area contributed by atoms with Crippen molar-refractivity contribution in [2.24, 2.45) is 0 Å². The molecule has 42 heavy (non-hydrogen) atoms. The molecule has 210 valence electrons. The Morgan fingerprint density at radius 3 is 1.98 bits per heavy atom. The van der Waals surface area contributed by atoms with Gasteiger partial charge in [0.25, 0.3) is 17.5 Å². The van der Waals surface area contributed by atoms with E-state index in [-0.39, 0.29) is 23.0 Å². The number of benzene rings is 4. The summed E-state index contributed by atoms with van der Waals surface area (Å²) in [6.07, 6.45) is 1.51. The molecule has 1 heterocycles. The summed E-state index contributed by atoms with van der Waals surface area (Å²) < 4.78 is 11.7. The highest BCUT2D eigenvalue weighted by molar-refractivity contribution is 7.81. The van der Waals surface area contributed by atoms with Crippen molar-refractivity contribution in [3.63, 3.8) is 0 Å². The lowest BCUT2D eigenvalue weighted by molar-refractivity contribution is -0.384. The van der Waals surface area contributed by atoms with Crippen molar-refractivity contribution >= 4 is 52.3 Å². The van der Waals surface area contributed by atoms with Crippen LogP contribution in [0.25, 0.3) is 6.08 Å². The molecule has 9 nitrogen and oxygen atoms in total. The molecule has 1 fully saturated rings. The molecule has 1 aliphatic heterocycles. The fraction of sp³-hybridized carbons (Fsp3) is 0.0938. The molecule has 5 rings (SSSR count). The molecule has 0 N–H and O–H groups in total. The van der Waals surface area contributed by atoms with Gasteiger partial charge in [0.05, 0.1) is 22.9 Å². The first kappa shape index (κ1) is 28.2. The number of carbonyl (C=O) groups is 2. The van der Waals surface area contributed by atoms with Gasteiger partial charge in [0.15, 0.2) is 16.6 Å². The molecule has 0 unspecified atom stereocenters. The zero-order valence-corrected chi connectivity index (χ0v) is 23.3. The average molecular weight is 580 g/mol. The van der Waals surface area contributed by atoms with Gasteiger partial charge in [-0.15, -0.1) is 0 Å². The molecule has 0 bridgehead atoms. The molecule has 0 aromatic heterocycles. The third-order valence-corrected chi connectivity index (χ3v) is 6.74. The number of hydrogen-bond donors (Lipinski definition) is 0. The number of nitrogens with zero attached hydrogens (tertiary/aromatic N) is 3. The molecule has 4 aromatic rings. The van der Waals surface area contributed by atoms with Crippen LogP contribution in [0.15, 0.2) is 109 Å². The molecule has 10 heteroatoms. The molecule has 0 saturated carbocycles. The van der Waals surface area contributed by atoms with Gasteiger partial charge in [-0.1, -0.05) is 54.6 Å². The van der Waals surface area contributed by atoms with E-state index in [1.807, 2.05) is 19.1 Å². The Morgan fingerprint density at radius 2 is 1.40 bits per heavy atom. The lowest BCUT2D eigenvalue weighted by Crippen LogP contribution is -2.56. The average Bonchev–Trinajstić information content (AvgIpc) is 3.00. The Labute approximate surface area is 247 Å². The number of hydrogen-bond acceptors (Lipinski definition) is 7. The number of anilines is 2. The van der Waals surface area contributed by atoms with Crippen molar-refractivity contribution in [3.05, 3.63) is 130 Å². The van der Waals surface area contributed by atoms with Crippen LogP contribution >= 0.6 is 12.2 Å². The Hall–Kier alpha value is -5.35. The van der Waals surface area contributed by atoms with Crippen LogP contribution in [0.3, 0.4) is 0 Å². The normalized spacial score (nSPS) is 13.3. The van der Waals surface area contributed by atoms with E-state index in [1.165, 1.54) is 28.0 Å². The van der Waals surface area contributed by atoms with Gasteiger partial charge in [0, 0.05) is 12.1 Å². The van der Waals surface area contributed by atoms with Crippen molar-refractivity contribution < 1.29 is 24.0 Å². The first-order valence-corrected chi connectivity index (χ1v) is 13.5. The third kappa shape index (κ3) is 5.89. The molecule has 0 aliphatic carbocycles. The van der Waals surface area contributed by atoms with Crippen LogP contribution in [0.5, 0.6) is 11.5 Å². The molecule has 0 atom stereocenters. The van der Waals surface area contributed by atoms with Gasteiger partial charge < -0.3 is 9.47 Å². The minimum atomic E-state index is -0.549. The van der Waals surface area contributed by atoms with Gasteiger partial charge in [0.1, 0.15) is 12.2 Å². The summed E-state index contributed by atoms with van der Waals surface area (Å²) in [7, 11) is 0. The number of nitro benzene ring substituents is 1. The van der Waals surface area contributed by atoms with Crippen molar-refractivity contribution in [1.29, 1.82) is 0 Å². The zero-order valence-electron chi connectivity index (χ0n) is 22.5. The minimum Gasteiger partial charge on any atom is -0.490 e.